The average Bonchev–Trinajstić information content (AvgIpc) is 2.38. The lowest BCUT2D eigenvalue weighted by molar-refractivity contribution is 0.253. The van der Waals surface area contributed by atoms with Crippen LogP contribution in [0, 0.1) is 0 Å². The molecule has 106 valence electrons. The Morgan fingerprint density at radius 2 is 1.89 bits per heavy atom. The molecular weight excluding hydrogens is 284 g/mol. The number of nitrogens with zero attached hydrogens (tertiary/aromatic N) is 1. The van der Waals surface area contributed by atoms with Crippen LogP contribution >= 0.6 is 12.2 Å². The molecule has 0 heterocycles. The highest BCUT2D eigenvalue weighted by molar-refractivity contribution is 7.89. The Hall–Kier alpha value is -1.02. The summed E-state index contributed by atoms with van der Waals surface area (Å²) in [6, 6.07) is 6.12. The van der Waals surface area contributed by atoms with Gasteiger partial charge in [-0.3, -0.25) is 0 Å². The van der Waals surface area contributed by atoms with Gasteiger partial charge in [-0.05, 0) is 18.6 Å². The van der Waals surface area contributed by atoms with Crippen LogP contribution in [0.4, 0.5) is 0 Å². The van der Waals surface area contributed by atoms with Crippen molar-refractivity contribution in [3.8, 4) is 0 Å². The van der Waals surface area contributed by atoms with Crippen LogP contribution in [0.15, 0.2) is 29.2 Å². The predicted molar refractivity (Wildman–Crippen MR) is 78.5 cm³/mol. The van der Waals surface area contributed by atoms with E-state index in [1.807, 2.05) is 6.92 Å². The topological polar surface area (TPSA) is 83.6 Å². The van der Waals surface area contributed by atoms with Crippen molar-refractivity contribution < 1.29 is 13.5 Å². The molecule has 0 atom stereocenters. The number of thiocarbonyl (C=S) groups is 1. The molecule has 1 aromatic rings. The summed E-state index contributed by atoms with van der Waals surface area (Å²) in [5.74, 6) is 0. The number of aliphatic hydroxyl groups excluding tert-OH is 1. The van der Waals surface area contributed by atoms with E-state index in [1.54, 1.807) is 12.1 Å². The first kappa shape index (κ1) is 16.0. The number of nitrogens with two attached hydrogens (primary N) is 1. The maximum atomic E-state index is 12.3. The van der Waals surface area contributed by atoms with Crippen LogP contribution in [0.5, 0.6) is 0 Å². The normalized spacial score (nSPS) is 11.7. The summed E-state index contributed by atoms with van der Waals surface area (Å²) >= 11 is 4.82. The molecule has 0 aliphatic rings. The van der Waals surface area contributed by atoms with E-state index in [2.05, 4.69) is 0 Å². The molecule has 0 aliphatic carbocycles. The van der Waals surface area contributed by atoms with E-state index < -0.39 is 10.0 Å². The number of aliphatic hydroxyl groups is 1. The van der Waals surface area contributed by atoms with Gasteiger partial charge in [-0.2, -0.15) is 4.31 Å². The third-order valence-electron chi connectivity index (χ3n) is 2.60. The lowest BCUT2D eigenvalue weighted by Crippen LogP contribution is -2.34. The lowest BCUT2D eigenvalue weighted by atomic mass is 10.2. The molecule has 1 aromatic carbocycles. The van der Waals surface area contributed by atoms with Gasteiger partial charge in [-0.25, -0.2) is 8.42 Å². The van der Waals surface area contributed by atoms with Gasteiger partial charge in [0.15, 0.2) is 0 Å². The van der Waals surface area contributed by atoms with Gasteiger partial charge in [0, 0.05) is 18.7 Å². The summed E-state index contributed by atoms with van der Waals surface area (Å²) in [5.41, 5.74) is 6.09. The minimum atomic E-state index is -3.58. The van der Waals surface area contributed by atoms with Gasteiger partial charge in [0.25, 0.3) is 0 Å². The molecule has 1 rings (SSSR count). The molecule has 0 aromatic heterocycles. The van der Waals surface area contributed by atoms with Crippen molar-refractivity contribution in [3.05, 3.63) is 29.8 Å². The monoisotopic (exact) mass is 302 g/mol. The van der Waals surface area contributed by atoms with E-state index in [4.69, 9.17) is 23.1 Å². The molecular formula is C12H18N2O3S2. The van der Waals surface area contributed by atoms with Gasteiger partial charge >= 0.3 is 0 Å². The Morgan fingerprint density at radius 1 is 1.32 bits per heavy atom. The van der Waals surface area contributed by atoms with Crippen molar-refractivity contribution in [2.75, 3.05) is 19.7 Å². The van der Waals surface area contributed by atoms with Crippen LogP contribution in [0.1, 0.15) is 18.9 Å². The maximum Gasteiger partial charge on any atom is 0.243 e. The van der Waals surface area contributed by atoms with Gasteiger partial charge in [0.1, 0.15) is 4.99 Å². The Labute approximate surface area is 119 Å². The highest BCUT2D eigenvalue weighted by Crippen LogP contribution is 2.16. The summed E-state index contributed by atoms with van der Waals surface area (Å²) in [7, 11) is -3.58. The molecule has 0 aliphatic heterocycles. The minimum absolute atomic E-state index is 0.0905. The summed E-state index contributed by atoms with van der Waals surface area (Å²) in [6.45, 7) is 2.15. The Balaban J connectivity index is 3.07. The van der Waals surface area contributed by atoms with E-state index >= 15 is 0 Å². The van der Waals surface area contributed by atoms with Gasteiger partial charge in [0.05, 0.1) is 11.5 Å². The first-order chi connectivity index (χ1) is 8.93. The molecule has 5 nitrogen and oxygen atoms in total. The van der Waals surface area contributed by atoms with E-state index in [-0.39, 0.29) is 23.0 Å². The van der Waals surface area contributed by atoms with Crippen LogP contribution in [-0.2, 0) is 10.0 Å². The molecule has 0 unspecified atom stereocenters. The molecule has 19 heavy (non-hydrogen) atoms. The van der Waals surface area contributed by atoms with Crippen molar-refractivity contribution in [2.45, 2.75) is 18.2 Å². The van der Waals surface area contributed by atoms with Crippen molar-refractivity contribution in [2.24, 2.45) is 5.73 Å². The standard InChI is InChI=1S/C12H18N2O3S2/c1-2-7-14(8-9-15)19(16,17)11-5-3-10(4-6-11)12(13)18/h3-6,15H,2,7-9H2,1H3,(H2,13,18). The number of hydrogen-bond donors (Lipinski definition) is 2. The lowest BCUT2D eigenvalue weighted by Gasteiger charge is -2.20. The summed E-state index contributed by atoms with van der Waals surface area (Å²) < 4.78 is 26.0. The quantitative estimate of drug-likeness (QED) is 0.725. The van der Waals surface area contributed by atoms with E-state index in [9.17, 15) is 8.42 Å². The Morgan fingerprint density at radius 3 is 2.32 bits per heavy atom. The largest absolute Gasteiger partial charge is 0.395 e. The summed E-state index contributed by atoms with van der Waals surface area (Å²) in [6.07, 6.45) is 0.685. The minimum Gasteiger partial charge on any atom is -0.395 e. The SMILES string of the molecule is CCCN(CCO)S(=O)(=O)c1ccc(C(N)=S)cc1. The van der Waals surface area contributed by atoms with Crippen molar-refractivity contribution in [1.29, 1.82) is 0 Å². The third-order valence-corrected chi connectivity index (χ3v) is 4.75. The van der Waals surface area contributed by atoms with E-state index in [1.165, 1.54) is 16.4 Å². The number of rotatable bonds is 7. The second-order valence-corrected chi connectivity index (χ2v) is 6.39. The maximum absolute atomic E-state index is 12.3. The van der Waals surface area contributed by atoms with Gasteiger partial charge in [-0.15, -0.1) is 0 Å². The molecule has 7 heteroatoms. The van der Waals surface area contributed by atoms with Crippen LogP contribution in [0.25, 0.3) is 0 Å². The third kappa shape index (κ3) is 3.97. The van der Waals surface area contributed by atoms with Crippen LogP contribution < -0.4 is 5.73 Å². The highest BCUT2D eigenvalue weighted by atomic mass is 32.2. The zero-order valence-corrected chi connectivity index (χ0v) is 12.4. The fourth-order valence-electron chi connectivity index (χ4n) is 1.65. The van der Waals surface area contributed by atoms with Gasteiger partial charge in [0.2, 0.25) is 10.0 Å². The predicted octanol–water partition coefficient (Wildman–Crippen LogP) is 0.714. The van der Waals surface area contributed by atoms with Crippen LogP contribution in [0.3, 0.4) is 0 Å². The van der Waals surface area contributed by atoms with Crippen molar-refractivity contribution in [3.63, 3.8) is 0 Å². The molecule has 0 radical (unpaired) electrons. The van der Waals surface area contributed by atoms with Crippen LogP contribution in [0.2, 0.25) is 0 Å². The Kier molecular flexibility index (Phi) is 5.86. The number of hydrogen-bond acceptors (Lipinski definition) is 4. The number of benzene rings is 1. The van der Waals surface area contributed by atoms with Gasteiger partial charge < -0.3 is 10.8 Å². The zero-order chi connectivity index (χ0) is 14.5. The second kappa shape index (κ2) is 6.95. The molecule has 3 N–H and O–H groups in total. The molecule has 0 bridgehead atoms. The van der Waals surface area contributed by atoms with Crippen molar-refractivity contribution in [1.82, 2.24) is 4.31 Å². The molecule has 0 spiro atoms. The molecule has 0 amide bonds. The van der Waals surface area contributed by atoms with Crippen LogP contribution in [-0.4, -0.2) is 42.5 Å². The highest BCUT2D eigenvalue weighted by Gasteiger charge is 2.23. The fourth-order valence-corrected chi connectivity index (χ4v) is 3.31. The summed E-state index contributed by atoms with van der Waals surface area (Å²) in [4.78, 5) is 0.402. The van der Waals surface area contributed by atoms with Crippen molar-refractivity contribution >= 4 is 27.2 Å². The van der Waals surface area contributed by atoms with Gasteiger partial charge in [-0.1, -0.05) is 31.3 Å². The smallest absolute Gasteiger partial charge is 0.243 e. The number of sulfonamides is 1. The van der Waals surface area contributed by atoms with E-state index in [0.717, 1.165) is 0 Å². The molecule has 0 saturated carbocycles. The first-order valence-corrected chi connectivity index (χ1v) is 7.79. The first-order valence-electron chi connectivity index (χ1n) is 5.94. The zero-order valence-electron chi connectivity index (χ0n) is 10.7. The summed E-state index contributed by atoms with van der Waals surface area (Å²) in [5, 5.41) is 8.95. The average molecular weight is 302 g/mol. The second-order valence-electron chi connectivity index (χ2n) is 4.02. The Bertz CT molecular complexity index is 520. The molecule has 0 fully saturated rings. The molecule has 0 saturated heterocycles. The van der Waals surface area contributed by atoms with E-state index in [0.29, 0.717) is 18.5 Å². The fraction of sp³-hybridized carbons (Fsp3) is 0.417.